The van der Waals surface area contributed by atoms with Crippen LogP contribution in [0.5, 0.6) is 0 Å². The minimum Gasteiger partial charge on any atom is -0.381 e. The molecule has 2 heterocycles. The minimum absolute atomic E-state index is 0.337. The highest BCUT2D eigenvalue weighted by molar-refractivity contribution is 7.11. The fourth-order valence-electron chi connectivity index (χ4n) is 3.48. The van der Waals surface area contributed by atoms with Crippen molar-refractivity contribution in [2.75, 3.05) is 13.2 Å². The summed E-state index contributed by atoms with van der Waals surface area (Å²) in [7, 11) is 0. The number of carbonyl (C=O) groups is 1. The van der Waals surface area contributed by atoms with Gasteiger partial charge in [0.05, 0.1) is 6.54 Å². The number of hydrogen-bond donors (Lipinski definition) is 0. The lowest BCUT2D eigenvalue weighted by atomic mass is 10.0. The van der Waals surface area contributed by atoms with Gasteiger partial charge in [0.2, 0.25) is 5.91 Å². The maximum absolute atomic E-state index is 12.8. The second kappa shape index (κ2) is 6.93. The number of thiophene rings is 1. The normalized spacial score (nSPS) is 22.8. The molecule has 1 saturated carbocycles. The number of carbonyl (C=O) groups excluding carboxylic acids is 1. The van der Waals surface area contributed by atoms with Crippen molar-refractivity contribution in [2.24, 2.45) is 5.92 Å². The zero-order chi connectivity index (χ0) is 14.7. The molecule has 0 aromatic carbocycles. The standard InChI is InChI=1S/C17H25NO2S/c1-13-6-7-16(21-13)11-18(15-4-2-3-5-15)17(19)10-14-8-9-20-12-14/h6-7,14-15H,2-5,8-12H2,1H3. The molecule has 1 aromatic heterocycles. The van der Waals surface area contributed by atoms with Crippen LogP contribution in [0.15, 0.2) is 12.1 Å². The Morgan fingerprint density at radius 1 is 1.33 bits per heavy atom. The predicted molar refractivity (Wildman–Crippen MR) is 85.4 cm³/mol. The van der Waals surface area contributed by atoms with Crippen LogP contribution in [-0.2, 0) is 16.1 Å². The molecule has 3 rings (SSSR count). The highest BCUT2D eigenvalue weighted by Crippen LogP contribution is 2.28. The van der Waals surface area contributed by atoms with Crippen LogP contribution in [0.2, 0.25) is 0 Å². The summed E-state index contributed by atoms with van der Waals surface area (Å²) >= 11 is 1.82. The van der Waals surface area contributed by atoms with Gasteiger partial charge < -0.3 is 9.64 Å². The van der Waals surface area contributed by atoms with Crippen molar-refractivity contribution >= 4 is 17.2 Å². The van der Waals surface area contributed by atoms with Crippen molar-refractivity contribution < 1.29 is 9.53 Å². The van der Waals surface area contributed by atoms with Gasteiger partial charge in [0.15, 0.2) is 0 Å². The SMILES string of the molecule is Cc1ccc(CN(C(=O)CC2CCOC2)C2CCCC2)s1. The van der Waals surface area contributed by atoms with Gasteiger partial charge in [0.1, 0.15) is 0 Å². The van der Waals surface area contributed by atoms with Gasteiger partial charge in [-0.25, -0.2) is 0 Å². The molecule has 3 nitrogen and oxygen atoms in total. The molecule has 2 aliphatic rings. The summed E-state index contributed by atoms with van der Waals surface area (Å²) in [6.07, 6.45) is 6.60. The Labute approximate surface area is 131 Å². The van der Waals surface area contributed by atoms with Gasteiger partial charge in [-0.3, -0.25) is 4.79 Å². The Hall–Kier alpha value is -0.870. The molecular weight excluding hydrogens is 282 g/mol. The molecule has 1 amide bonds. The first-order chi connectivity index (χ1) is 10.2. The van der Waals surface area contributed by atoms with Gasteiger partial charge in [-0.2, -0.15) is 0 Å². The molecule has 0 N–H and O–H groups in total. The van der Waals surface area contributed by atoms with E-state index in [0.717, 1.165) is 26.2 Å². The average molecular weight is 307 g/mol. The first-order valence-corrected chi connectivity index (χ1v) is 8.96. The molecule has 1 saturated heterocycles. The summed E-state index contributed by atoms with van der Waals surface area (Å²) in [4.78, 5) is 17.6. The van der Waals surface area contributed by atoms with Crippen LogP contribution in [0.25, 0.3) is 0 Å². The summed E-state index contributed by atoms with van der Waals surface area (Å²) in [6.45, 7) is 4.52. The van der Waals surface area contributed by atoms with Crippen LogP contribution in [0, 0.1) is 12.8 Å². The second-order valence-corrected chi connectivity index (χ2v) is 7.78. The van der Waals surface area contributed by atoms with E-state index >= 15 is 0 Å². The third kappa shape index (κ3) is 3.86. The fourth-order valence-corrected chi connectivity index (χ4v) is 4.37. The van der Waals surface area contributed by atoms with E-state index in [1.165, 1.54) is 35.4 Å². The van der Waals surface area contributed by atoms with E-state index in [4.69, 9.17) is 4.74 Å². The molecule has 1 aromatic rings. The van der Waals surface area contributed by atoms with Gasteiger partial charge in [0.25, 0.3) is 0 Å². The number of amides is 1. The van der Waals surface area contributed by atoms with E-state index in [0.29, 0.717) is 24.3 Å². The minimum atomic E-state index is 0.337. The smallest absolute Gasteiger partial charge is 0.223 e. The Morgan fingerprint density at radius 2 is 2.14 bits per heavy atom. The molecule has 116 valence electrons. The third-order valence-electron chi connectivity index (χ3n) is 4.70. The molecule has 1 unspecified atom stereocenters. The molecule has 0 bridgehead atoms. The van der Waals surface area contributed by atoms with Crippen LogP contribution in [0.3, 0.4) is 0 Å². The fraction of sp³-hybridized carbons (Fsp3) is 0.706. The maximum atomic E-state index is 12.8. The molecule has 1 aliphatic heterocycles. The summed E-state index contributed by atoms with van der Waals surface area (Å²) < 4.78 is 5.42. The monoisotopic (exact) mass is 307 g/mol. The summed E-state index contributed by atoms with van der Waals surface area (Å²) in [5.41, 5.74) is 0. The molecule has 2 fully saturated rings. The summed E-state index contributed by atoms with van der Waals surface area (Å²) in [5.74, 6) is 0.773. The van der Waals surface area contributed by atoms with Crippen LogP contribution < -0.4 is 0 Å². The van der Waals surface area contributed by atoms with E-state index in [9.17, 15) is 4.79 Å². The molecular formula is C17H25NO2S. The Bertz CT molecular complexity index is 473. The summed E-state index contributed by atoms with van der Waals surface area (Å²) in [6, 6.07) is 4.79. The van der Waals surface area contributed by atoms with Crippen molar-refractivity contribution in [3.05, 3.63) is 21.9 Å². The van der Waals surface area contributed by atoms with Gasteiger partial charge in [-0.15, -0.1) is 11.3 Å². The number of nitrogens with zero attached hydrogens (tertiary/aromatic N) is 1. The number of aryl methyl sites for hydroxylation is 1. The largest absolute Gasteiger partial charge is 0.381 e. The number of hydrogen-bond acceptors (Lipinski definition) is 3. The maximum Gasteiger partial charge on any atom is 0.223 e. The van der Waals surface area contributed by atoms with Crippen LogP contribution >= 0.6 is 11.3 Å². The van der Waals surface area contributed by atoms with Crippen LogP contribution in [0.1, 0.15) is 48.3 Å². The lowest BCUT2D eigenvalue weighted by Gasteiger charge is -2.29. The van der Waals surface area contributed by atoms with Crippen molar-refractivity contribution in [3.63, 3.8) is 0 Å². The topological polar surface area (TPSA) is 29.5 Å². The quantitative estimate of drug-likeness (QED) is 0.829. The van der Waals surface area contributed by atoms with Gasteiger partial charge in [0, 0.05) is 35.4 Å². The Kier molecular flexibility index (Phi) is 4.96. The zero-order valence-corrected chi connectivity index (χ0v) is 13.7. The highest BCUT2D eigenvalue weighted by atomic mass is 32.1. The summed E-state index contributed by atoms with van der Waals surface area (Å²) in [5, 5.41) is 0. The van der Waals surface area contributed by atoms with Gasteiger partial charge in [-0.05, 0) is 44.2 Å². The molecule has 4 heteroatoms. The molecule has 1 aliphatic carbocycles. The molecule has 0 radical (unpaired) electrons. The first-order valence-electron chi connectivity index (χ1n) is 8.15. The van der Waals surface area contributed by atoms with Crippen molar-refractivity contribution in [1.29, 1.82) is 0 Å². The number of rotatable bonds is 5. The average Bonchev–Trinajstić information content (AvgIpc) is 3.17. The van der Waals surface area contributed by atoms with Gasteiger partial charge in [-0.1, -0.05) is 12.8 Å². The second-order valence-electron chi connectivity index (χ2n) is 6.41. The number of ether oxygens (including phenoxy) is 1. The van der Waals surface area contributed by atoms with E-state index in [1.54, 1.807) is 0 Å². The predicted octanol–water partition coefficient (Wildman–Crippen LogP) is 3.75. The molecule has 21 heavy (non-hydrogen) atoms. The lowest BCUT2D eigenvalue weighted by Crippen LogP contribution is -2.39. The van der Waals surface area contributed by atoms with E-state index in [-0.39, 0.29) is 0 Å². The molecule has 1 atom stereocenters. The Balaban J connectivity index is 1.66. The molecule has 0 spiro atoms. The first kappa shape index (κ1) is 15.0. The lowest BCUT2D eigenvalue weighted by molar-refractivity contribution is -0.135. The highest BCUT2D eigenvalue weighted by Gasteiger charge is 2.29. The zero-order valence-electron chi connectivity index (χ0n) is 12.8. The van der Waals surface area contributed by atoms with Crippen molar-refractivity contribution in [1.82, 2.24) is 4.90 Å². The van der Waals surface area contributed by atoms with Crippen molar-refractivity contribution in [2.45, 2.75) is 58.0 Å². The Morgan fingerprint density at radius 3 is 2.76 bits per heavy atom. The van der Waals surface area contributed by atoms with E-state index in [2.05, 4.69) is 24.0 Å². The third-order valence-corrected chi connectivity index (χ3v) is 5.68. The van der Waals surface area contributed by atoms with Crippen LogP contribution in [-0.4, -0.2) is 30.1 Å². The van der Waals surface area contributed by atoms with Crippen LogP contribution in [0.4, 0.5) is 0 Å². The van der Waals surface area contributed by atoms with E-state index in [1.807, 2.05) is 11.3 Å². The van der Waals surface area contributed by atoms with Crippen molar-refractivity contribution in [3.8, 4) is 0 Å². The van der Waals surface area contributed by atoms with Gasteiger partial charge >= 0.3 is 0 Å². The van der Waals surface area contributed by atoms with E-state index < -0.39 is 0 Å².